The summed E-state index contributed by atoms with van der Waals surface area (Å²) in [5.74, 6) is -2.96. The van der Waals surface area contributed by atoms with Crippen molar-refractivity contribution in [3.63, 3.8) is 0 Å². The van der Waals surface area contributed by atoms with Crippen LogP contribution in [0.15, 0.2) is 41.3 Å². The Morgan fingerprint density at radius 1 is 1.21 bits per heavy atom. The maximum Gasteiger partial charge on any atom is 0.259 e. The Hall–Kier alpha value is -2.94. The summed E-state index contributed by atoms with van der Waals surface area (Å²) < 4.78 is 43.6. The summed E-state index contributed by atoms with van der Waals surface area (Å²) in [5, 5.41) is 2.58. The van der Waals surface area contributed by atoms with Gasteiger partial charge in [-0.3, -0.25) is 9.59 Å². The number of rotatable bonds is 7. The Morgan fingerprint density at radius 3 is 2.46 bits per heavy atom. The van der Waals surface area contributed by atoms with Crippen LogP contribution in [0.2, 0.25) is 0 Å². The molecule has 0 saturated carbocycles. The van der Waals surface area contributed by atoms with Crippen LogP contribution >= 0.6 is 0 Å². The number of carbonyl (C=O) groups is 2. The van der Waals surface area contributed by atoms with Crippen molar-refractivity contribution in [1.82, 2.24) is 0 Å². The van der Waals surface area contributed by atoms with Gasteiger partial charge in [-0.1, -0.05) is 6.92 Å². The predicted molar refractivity (Wildman–Crippen MR) is 102 cm³/mol. The van der Waals surface area contributed by atoms with E-state index >= 15 is 0 Å². The molecule has 0 aliphatic rings. The monoisotopic (exact) mass is 408 g/mol. The second-order valence-electron chi connectivity index (χ2n) is 6.37. The van der Waals surface area contributed by atoms with E-state index in [1.54, 1.807) is 6.92 Å². The van der Waals surface area contributed by atoms with Crippen LogP contribution in [0.4, 0.5) is 10.1 Å². The van der Waals surface area contributed by atoms with Crippen molar-refractivity contribution in [2.24, 2.45) is 11.7 Å². The molecule has 150 valence electrons. The van der Waals surface area contributed by atoms with Crippen molar-refractivity contribution in [2.75, 3.05) is 18.2 Å². The molecule has 0 heterocycles. The Balaban J connectivity index is 2.37. The Morgan fingerprint density at radius 2 is 1.89 bits per heavy atom. The highest BCUT2D eigenvalue weighted by molar-refractivity contribution is 7.91. The quantitative estimate of drug-likeness (QED) is 0.729. The largest absolute Gasteiger partial charge is 0.496 e. The van der Waals surface area contributed by atoms with Crippen LogP contribution in [-0.2, 0) is 14.6 Å². The number of anilines is 1. The first-order valence-corrected chi connectivity index (χ1v) is 9.98. The van der Waals surface area contributed by atoms with Gasteiger partial charge in [-0.25, -0.2) is 12.8 Å². The molecule has 1 atom stereocenters. The summed E-state index contributed by atoms with van der Waals surface area (Å²) in [6.07, 6.45) is 0. The number of nitrogens with one attached hydrogen (secondary N) is 1. The molecule has 2 aromatic carbocycles. The molecule has 0 aliphatic heterocycles. The summed E-state index contributed by atoms with van der Waals surface area (Å²) in [6.45, 7) is 2.96. The van der Waals surface area contributed by atoms with Gasteiger partial charge in [0.25, 0.3) is 5.91 Å². The van der Waals surface area contributed by atoms with E-state index in [1.165, 1.54) is 50.4 Å². The number of hydrogen-bond donors (Lipinski definition) is 2. The molecule has 0 spiro atoms. The number of methoxy groups -OCH3 is 1. The normalized spacial score (nSPS) is 12.3. The van der Waals surface area contributed by atoms with E-state index in [1.807, 2.05) is 0 Å². The van der Waals surface area contributed by atoms with Gasteiger partial charge in [0.15, 0.2) is 9.84 Å². The summed E-state index contributed by atoms with van der Waals surface area (Å²) in [4.78, 5) is 23.7. The zero-order valence-electron chi connectivity index (χ0n) is 15.7. The molecule has 9 heteroatoms. The van der Waals surface area contributed by atoms with Gasteiger partial charge < -0.3 is 15.8 Å². The van der Waals surface area contributed by atoms with Crippen LogP contribution in [0.3, 0.4) is 0 Å². The van der Waals surface area contributed by atoms with E-state index in [2.05, 4.69) is 5.32 Å². The minimum absolute atomic E-state index is 0.0164. The topological polar surface area (TPSA) is 116 Å². The van der Waals surface area contributed by atoms with Crippen molar-refractivity contribution in [1.29, 1.82) is 0 Å². The standard InChI is InChI=1S/C19H21FN2O5S/c1-11-8-13(4-6-16(11)20)22-19(24)15-9-14(5-7-17(15)27-3)28(25,26)10-12(2)18(21)23/h4-9,12H,10H2,1-3H3,(H2,21,23)(H,22,24). The highest BCUT2D eigenvalue weighted by Crippen LogP contribution is 2.25. The number of hydrogen-bond acceptors (Lipinski definition) is 5. The summed E-state index contributed by atoms with van der Waals surface area (Å²) in [6, 6.07) is 7.88. The van der Waals surface area contributed by atoms with Crippen molar-refractivity contribution in [2.45, 2.75) is 18.7 Å². The maximum absolute atomic E-state index is 13.4. The number of aryl methyl sites for hydroxylation is 1. The lowest BCUT2D eigenvalue weighted by atomic mass is 10.1. The zero-order chi connectivity index (χ0) is 21.1. The van der Waals surface area contributed by atoms with Gasteiger partial charge in [-0.15, -0.1) is 0 Å². The van der Waals surface area contributed by atoms with E-state index in [0.717, 1.165) is 0 Å². The lowest BCUT2D eigenvalue weighted by Crippen LogP contribution is -2.27. The first kappa shape index (κ1) is 21.4. The van der Waals surface area contributed by atoms with Crippen LogP contribution < -0.4 is 15.8 Å². The first-order valence-electron chi connectivity index (χ1n) is 8.32. The summed E-state index contributed by atoms with van der Waals surface area (Å²) in [5.41, 5.74) is 5.82. The number of sulfone groups is 1. The Labute approximate surface area is 162 Å². The number of amides is 2. The molecular weight excluding hydrogens is 387 g/mol. The van der Waals surface area contributed by atoms with Crippen molar-refractivity contribution in [3.8, 4) is 5.75 Å². The third-order valence-electron chi connectivity index (χ3n) is 4.15. The maximum atomic E-state index is 13.4. The summed E-state index contributed by atoms with van der Waals surface area (Å²) in [7, 11) is -2.51. The van der Waals surface area contributed by atoms with Gasteiger partial charge in [0.2, 0.25) is 5.91 Å². The van der Waals surface area contributed by atoms with Gasteiger partial charge in [0, 0.05) is 11.6 Å². The smallest absolute Gasteiger partial charge is 0.259 e. The fourth-order valence-corrected chi connectivity index (χ4v) is 4.07. The predicted octanol–water partition coefficient (Wildman–Crippen LogP) is 2.29. The lowest BCUT2D eigenvalue weighted by molar-refractivity contribution is -0.120. The number of carbonyl (C=O) groups excluding carboxylic acids is 2. The summed E-state index contributed by atoms with van der Waals surface area (Å²) >= 11 is 0. The van der Waals surface area contributed by atoms with E-state index in [4.69, 9.17) is 10.5 Å². The number of primary amides is 1. The molecule has 0 radical (unpaired) electrons. The minimum atomic E-state index is -3.86. The molecule has 0 saturated heterocycles. The molecule has 1 unspecified atom stereocenters. The fraction of sp³-hybridized carbons (Fsp3) is 0.263. The lowest BCUT2D eigenvalue weighted by Gasteiger charge is -2.13. The number of halogens is 1. The van der Waals surface area contributed by atoms with Crippen LogP contribution in [0.1, 0.15) is 22.8 Å². The molecule has 0 aliphatic carbocycles. The molecule has 7 nitrogen and oxygen atoms in total. The molecule has 0 fully saturated rings. The average molecular weight is 408 g/mol. The third kappa shape index (κ3) is 4.86. The van der Waals surface area contributed by atoms with E-state index in [0.29, 0.717) is 11.3 Å². The molecule has 2 amide bonds. The highest BCUT2D eigenvalue weighted by Gasteiger charge is 2.24. The van der Waals surface area contributed by atoms with E-state index in [9.17, 15) is 22.4 Å². The van der Waals surface area contributed by atoms with Gasteiger partial charge >= 0.3 is 0 Å². The van der Waals surface area contributed by atoms with Crippen LogP contribution in [-0.4, -0.2) is 33.1 Å². The number of ether oxygens (including phenoxy) is 1. The van der Waals surface area contributed by atoms with Gasteiger partial charge in [0.1, 0.15) is 11.6 Å². The molecule has 28 heavy (non-hydrogen) atoms. The molecule has 2 aromatic rings. The van der Waals surface area contributed by atoms with Crippen LogP contribution in [0.25, 0.3) is 0 Å². The number of nitrogens with two attached hydrogens (primary N) is 1. The fourth-order valence-electron chi connectivity index (χ4n) is 2.49. The van der Waals surface area contributed by atoms with Crippen LogP contribution in [0, 0.1) is 18.7 Å². The Kier molecular flexibility index (Phi) is 6.40. The van der Waals surface area contributed by atoms with Crippen molar-refractivity contribution in [3.05, 3.63) is 53.3 Å². The average Bonchev–Trinajstić information content (AvgIpc) is 2.63. The second kappa shape index (κ2) is 8.39. The second-order valence-corrected chi connectivity index (χ2v) is 8.40. The molecule has 0 aromatic heterocycles. The molecule has 3 N–H and O–H groups in total. The molecular formula is C19H21FN2O5S. The highest BCUT2D eigenvalue weighted by atomic mass is 32.2. The van der Waals surface area contributed by atoms with Crippen molar-refractivity contribution < 1.29 is 27.1 Å². The SMILES string of the molecule is COc1ccc(S(=O)(=O)CC(C)C(N)=O)cc1C(=O)Nc1ccc(F)c(C)c1. The van der Waals surface area contributed by atoms with Crippen molar-refractivity contribution >= 4 is 27.3 Å². The zero-order valence-corrected chi connectivity index (χ0v) is 16.5. The third-order valence-corrected chi connectivity index (χ3v) is 6.06. The molecule has 0 bridgehead atoms. The molecule has 2 rings (SSSR count). The Bertz CT molecular complexity index is 1020. The van der Waals surface area contributed by atoms with Gasteiger partial charge in [0.05, 0.1) is 23.3 Å². The van der Waals surface area contributed by atoms with Gasteiger partial charge in [-0.05, 0) is 48.9 Å². The van der Waals surface area contributed by atoms with Crippen LogP contribution in [0.5, 0.6) is 5.75 Å². The minimum Gasteiger partial charge on any atom is -0.496 e. The van der Waals surface area contributed by atoms with E-state index < -0.39 is 39.1 Å². The van der Waals surface area contributed by atoms with Gasteiger partial charge in [-0.2, -0.15) is 0 Å². The van der Waals surface area contributed by atoms with E-state index in [-0.39, 0.29) is 16.2 Å². The number of benzene rings is 2. The first-order chi connectivity index (χ1) is 13.0.